The summed E-state index contributed by atoms with van der Waals surface area (Å²) in [4.78, 5) is 25.6. The van der Waals surface area contributed by atoms with Gasteiger partial charge in [-0.05, 0) is 32.4 Å². The maximum Gasteiger partial charge on any atom is 0.255 e. The Morgan fingerprint density at radius 3 is 2.59 bits per heavy atom. The van der Waals surface area contributed by atoms with E-state index in [1.54, 1.807) is 32.2 Å². The Kier molecular flexibility index (Phi) is 5.72. The van der Waals surface area contributed by atoms with Crippen LogP contribution >= 0.6 is 0 Å². The van der Waals surface area contributed by atoms with Gasteiger partial charge in [-0.1, -0.05) is 36.4 Å². The molecule has 1 N–H and O–H groups in total. The van der Waals surface area contributed by atoms with Crippen molar-refractivity contribution >= 4 is 16.9 Å². The van der Waals surface area contributed by atoms with Crippen LogP contribution in [0.2, 0.25) is 0 Å². The zero-order chi connectivity index (χ0) is 19.4. The van der Waals surface area contributed by atoms with Crippen LogP contribution in [0, 0.1) is 6.92 Å². The van der Waals surface area contributed by atoms with Gasteiger partial charge < -0.3 is 14.5 Å². The van der Waals surface area contributed by atoms with Crippen LogP contribution in [0.3, 0.4) is 0 Å². The van der Waals surface area contributed by atoms with Gasteiger partial charge in [-0.25, -0.2) is 0 Å². The average molecular weight is 365 g/mol. The number of fused-ring (bicyclic) bond motifs is 1. The molecule has 0 bridgehead atoms. The van der Waals surface area contributed by atoms with Crippen LogP contribution in [0.25, 0.3) is 22.3 Å². The number of carbonyl (C=O) groups is 1. The molecule has 1 heterocycles. The van der Waals surface area contributed by atoms with E-state index in [1.165, 1.54) is 0 Å². The van der Waals surface area contributed by atoms with E-state index >= 15 is 0 Å². The third kappa shape index (κ3) is 3.93. The van der Waals surface area contributed by atoms with Crippen molar-refractivity contribution in [3.63, 3.8) is 0 Å². The molecule has 0 aliphatic carbocycles. The van der Waals surface area contributed by atoms with Crippen LogP contribution in [0.5, 0.6) is 0 Å². The normalized spacial score (nSPS) is 12.1. The summed E-state index contributed by atoms with van der Waals surface area (Å²) in [5.74, 6) is 0.219. The van der Waals surface area contributed by atoms with E-state index in [2.05, 4.69) is 5.32 Å². The maximum absolute atomic E-state index is 12.9. The van der Waals surface area contributed by atoms with Crippen molar-refractivity contribution in [3.05, 3.63) is 69.9 Å². The maximum atomic E-state index is 12.9. The summed E-state index contributed by atoms with van der Waals surface area (Å²) >= 11 is 0. The molecule has 3 aromatic rings. The van der Waals surface area contributed by atoms with Crippen LogP contribution < -0.4 is 10.7 Å². The molecule has 0 saturated carbocycles. The second-order valence-corrected chi connectivity index (χ2v) is 6.59. The third-order valence-electron chi connectivity index (χ3n) is 4.56. The van der Waals surface area contributed by atoms with E-state index in [1.807, 2.05) is 37.3 Å². The second-order valence-electron chi connectivity index (χ2n) is 6.59. The Morgan fingerprint density at radius 1 is 1.15 bits per heavy atom. The molecule has 1 unspecified atom stereocenters. The first-order valence-corrected chi connectivity index (χ1v) is 8.94. The molecule has 0 fully saturated rings. The Hall–Kier alpha value is -2.92. The fourth-order valence-electron chi connectivity index (χ4n) is 3.02. The summed E-state index contributed by atoms with van der Waals surface area (Å²) < 4.78 is 11.1. The van der Waals surface area contributed by atoms with Crippen LogP contribution in [-0.2, 0) is 4.74 Å². The van der Waals surface area contributed by atoms with Crippen molar-refractivity contribution < 1.29 is 13.9 Å². The predicted molar refractivity (Wildman–Crippen MR) is 106 cm³/mol. The van der Waals surface area contributed by atoms with Crippen molar-refractivity contribution in [1.29, 1.82) is 0 Å². The first-order chi connectivity index (χ1) is 13.0. The van der Waals surface area contributed by atoms with Gasteiger partial charge in [0.25, 0.3) is 5.91 Å². The van der Waals surface area contributed by atoms with Gasteiger partial charge in [0, 0.05) is 30.9 Å². The van der Waals surface area contributed by atoms with E-state index in [4.69, 9.17) is 9.15 Å². The first-order valence-electron chi connectivity index (χ1n) is 8.94. The molecule has 3 rings (SSSR count). The quantitative estimate of drug-likeness (QED) is 0.719. The fourth-order valence-corrected chi connectivity index (χ4v) is 3.02. The number of hydrogen-bond acceptors (Lipinski definition) is 4. The Balaban J connectivity index is 2.08. The molecule has 27 heavy (non-hydrogen) atoms. The number of rotatable bonds is 6. The lowest BCUT2D eigenvalue weighted by Crippen LogP contribution is -2.33. The molecule has 0 spiro atoms. The second kappa shape index (κ2) is 8.18. The minimum absolute atomic E-state index is 0.0570. The first kappa shape index (κ1) is 18.9. The van der Waals surface area contributed by atoms with Gasteiger partial charge in [0.2, 0.25) is 0 Å². The van der Waals surface area contributed by atoms with E-state index in [0.29, 0.717) is 40.9 Å². The summed E-state index contributed by atoms with van der Waals surface area (Å²) in [5, 5.41) is 3.34. The standard InChI is InChI=1S/C22H23NO4/c1-14(12-13-26-3)23-22(25)18-11-7-10-17-19(24)15(2)20(27-21(17)18)16-8-5-4-6-9-16/h4-11,14H,12-13H2,1-3H3,(H,23,25). The Morgan fingerprint density at radius 2 is 1.89 bits per heavy atom. The number of amides is 1. The highest BCUT2D eigenvalue weighted by atomic mass is 16.5. The molecular weight excluding hydrogens is 342 g/mol. The third-order valence-corrected chi connectivity index (χ3v) is 4.56. The molecule has 1 amide bonds. The minimum Gasteiger partial charge on any atom is -0.455 e. The van der Waals surface area contributed by atoms with Gasteiger partial charge >= 0.3 is 0 Å². The van der Waals surface area contributed by atoms with Gasteiger partial charge in [-0.3, -0.25) is 9.59 Å². The summed E-state index contributed by atoms with van der Waals surface area (Å²) in [5.41, 5.74) is 1.86. The summed E-state index contributed by atoms with van der Waals surface area (Å²) in [7, 11) is 1.63. The molecule has 0 saturated heterocycles. The van der Waals surface area contributed by atoms with E-state index < -0.39 is 0 Å². The topological polar surface area (TPSA) is 68.5 Å². The number of benzene rings is 2. The molecule has 140 valence electrons. The molecule has 0 radical (unpaired) electrons. The van der Waals surface area contributed by atoms with Crippen molar-refractivity contribution in [2.75, 3.05) is 13.7 Å². The van der Waals surface area contributed by atoms with E-state index in [9.17, 15) is 9.59 Å². The van der Waals surface area contributed by atoms with Gasteiger partial charge in [-0.15, -0.1) is 0 Å². The number of ether oxygens (including phenoxy) is 1. The zero-order valence-electron chi connectivity index (χ0n) is 15.7. The highest BCUT2D eigenvalue weighted by Crippen LogP contribution is 2.27. The van der Waals surface area contributed by atoms with Crippen LogP contribution in [0.15, 0.2) is 57.7 Å². The fraction of sp³-hybridized carbons (Fsp3) is 0.273. The number of methoxy groups -OCH3 is 1. The lowest BCUT2D eigenvalue weighted by atomic mass is 10.0. The number of nitrogens with one attached hydrogen (secondary N) is 1. The van der Waals surface area contributed by atoms with Crippen LogP contribution in [0.4, 0.5) is 0 Å². The molecule has 1 atom stereocenters. The van der Waals surface area contributed by atoms with Crippen LogP contribution in [-0.4, -0.2) is 25.7 Å². The summed E-state index contributed by atoms with van der Waals surface area (Å²) in [6.07, 6.45) is 0.700. The molecule has 5 nitrogen and oxygen atoms in total. The minimum atomic E-state index is -0.268. The number of carbonyl (C=O) groups excluding carboxylic acids is 1. The highest BCUT2D eigenvalue weighted by Gasteiger charge is 2.19. The monoisotopic (exact) mass is 365 g/mol. The predicted octanol–water partition coefficient (Wildman–Crippen LogP) is 3.92. The van der Waals surface area contributed by atoms with Gasteiger partial charge in [0.15, 0.2) is 11.0 Å². The van der Waals surface area contributed by atoms with Crippen molar-refractivity contribution in [1.82, 2.24) is 5.32 Å². The molecule has 0 aliphatic heterocycles. The molecule has 0 aliphatic rings. The molecule has 1 aromatic heterocycles. The SMILES string of the molecule is COCCC(C)NC(=O)c1cccc2c(=O)c(C)c(-c3ccccc3)oc12. The van der Waals surface area contributed by atoms with Crippen molar-refractivity contribution in [2.24, 2.45) is 0 Å². The van der Waals surface area contributed by atoms with E-state index in [0.717, 1.165) is 5.56 Å². The van der Waals surface area contributed by atoms with Gasteiger partial charge in [0.05, 0.1) is 10.9 Å². The smallest absolute Gasteiger partial charge is 0.255 e. The van der Waals surface area contributed by atoms with Crippen molar-refractivity contribution in [3.8, 4) is 11.3 Å². The largest absolute Gasteiger partial charge is 0.455 e. The van der Waals surface area contributed by atoms with Crippen LogP contribution in [0.1, 0.15) is 29.3 Å². The van der Waals surface area contributed by atoms with Crippen molar-refractivity contribution in [2.45, 2.75) is 26.3 Å². The van der Waals surface area contributed by atoms with E-state index in [-0.39, 0.29) is 17.4 Å². The number of hydrogen-bond donors (Lipinski definition) is 1. The summed E-state index contributed by atoms with van der Waals surface area (Å²) in [6, 6.07) is 14.4. The average Bonchev–Trinajstić information content (AvgIpc) is 2.69. The highest BCUT2D eigenvalue weighted by molar-refractivity contribution is 6.05. The molecule has 2 aromatic carbocycles. The lowest BCUT2D eigenvalue weighted by Gasteiger charge is -2.15. The van der Waals surface area contributed by atoms with Gasteiger partial charge in [0.1, 0.15) is 5.76 Å². The molecular formula is C22H23NO4. The Labute approximate surface area is 158 Å². The zero-order valence-corrected chi connectivity index (χ0v) is 15.7. The number of para-hydroxylation sites is 1. The Bertz CT molecular complexity index is 1010. The summed E-state index contributed by atoms with van der Waals surface area (Å²) in [6.45, 7) is 4.22. The van der Waals surface area contributed by atoms with Gasteiger partial charge in [-0.2, -0.15) is 0 Å². The lowest BCUT2D eigenvalue weighted by molar-refractivity contribution is 0.0930. The molecule has 5 heteroatoms.